The van der Waals surface area contributed by atoms with Gasteiger partial charge in [0.1, 0.15) is 0 Å². The molecule has 1 unspecified atom stereocenters. The highest BCUT2D eigenvalue weighted by atomic mass is 16.3. The van der Waals surface area contributed by atoms with Crippen molar-refractivity contribution in [2.24, 2.45) is 0 Å². The number of aliphatic hydroxyl groups is 1. The van der Waals surface area contributed by atoms with E-state index in [1.165, 1.54) is 0 Å². The molecule has 1 aromatic rings. The maximum absolute atomic E-state index is 9.56. The summed E-state index contributed by atoms with van der Waals surface area (Å²) < 4.78 is 0. The predicted octanol–water partition coefficient (Wildman–Crippen LogP) is 3.19. The molecule has 1 aromatic carbocycles. The lowest BCUT2D eigenvalue weighted by molar-refractivity contribution is 0.228. The number of hydrogen-bond acceptors (Lipinski definition) is 1. The van der Waals surface area contributed by atoms with Gasteiger partial charge in [-0.05, 0) is 12.0 Å². The summed E-state index contributed by atoms with van der Waals surface area (Å²) in [5.74, 6) is 0. The van der Waals surface area contributed by atoms with Crippen molar-refractivity contribution >= 4 is 6.08 Å². The first-order chi connectivity index (χ1) is 7.33. The van der Waals surface area contributed by atoms with Crippen molar-refractivity contribution in [3.8, 4) is 0 Å². The molecular formula is C14H16O. The van der Waals surface area contributed by atoms with Crippen LogP contribution in [0.15, 0.2) is 61.2 Å². The molecule has 0 spiro atoms. The Kier molecular flexibility index (Phi) is 5.20. The number of rotatable bonds is 5. The third-order valence-electron chi connectivity index (χ3n) is 1.96. The maximum Gasteiger partial charge on any atom is 0.0758 e. The van der Waals surface area contributed by atoms with E-state index in [-0.39, 0.29) is 0 Å². The predicted molar refractivity (Wildman–Crippen MR) is 65.4 cm³/mol. The average molecular weight is 200 g/mol. The molecule has 0 heterocycles. The molecule has 1 N–H and O–H groups in total. The van der Waals surface area contributed by atoms with Crippen LogP contribution in [0.25, 0.3) is 6.08 Å². The molecule has 15 heavy (non-hydrogen) atoms. The summed E-state index contributed by atoms with van der Waals surface area (Å²) in [7, 11) is 0. The molecule has 0 saturated carbocycles. The molecule has 0 aliphatic carbocycles. The van der Waals surface area contributed by atoms with Gasteiger partial charge in [0, 0.05) is 0 Å². The molecule has 0 fully saturated rings. The van der Waals surface area contributed by atoms with Crippen molar-refractivity contribution in [3.05, 3.63) is 66.8 Å². The summed E-state index contributed by atoms with van der Waals surface area (Å²) in [5.41, 5.74) is 1.10. The Morgan fingerprint density at radius 2 is 2.00 bits per heavy atom. The van der Waals surface area contributed by atoms with Crippen LogP contribution in [-0.2, 0) is 0 Å². The van der Waals surface area contributed by atoms with Crippen LogP contribution in [0.1, 0.15) is 12.0 Å². The topological polar surface area (TPSA) is 20.2 Å². The monoisotopic (exact) mass is 200 g/mol. The highest BCUT2D eigenvalue weighted by Gasteiger charge is 1.93. The molecule has 0 saturated heterocycles. The van der Waals surface area contributed by atoms with E-state index in [1.54, 1.807) is 12.2 Å². The minimum atomic E-state index is -0.429. The summed E-state index contributed by atoms with van der Waals surface area (Å²) in [4.78, 5) is 0. The second kappa shape index (κ2) is 6.80. The van der Waals surface area contributed by atoms with Crippen LogP contribution in [0.4, 0.5) is 0 Å². The molecule has 1 heteroatoms. The Balaban J connectivity index is 2.44. The van der Waals surface area contributed by atoms with Gasteiger partial charge in [0.2, 0.25) is 0 Å². The van der Waals surface area contributed by atoms with Gasteiger partial charge in [-0.3, -0.25) is 0 Å². The fourth-order valence-corrected chi connectivity index (χ4v) is 1.18. The van der Waals surface area contributed by atoms with Gasteiger partial charge in [0.25, 0.3) is 0 Å². The molecule has 0 radical (unpaired) electrons. The Hall–Kier alpha value is -1.60. The van der Waals surface area contributed by atoms with Gasteiger partial charge in [-0.25, -0.2) is 0 Å². The highest BCUT2D eigenvalue weighted by molar-refractivity contribution is 5.49. The molecule has 0 aromatic heterocycles. The lowest BCUT2D eigenvalue weighted by atomic mass is 10.1. The summed E-state index contributed by atoms with van der Waals surface area (Å²) in [6, 6.07) is 9.93. The smallest absolute Gasteiger partial charge is 0.0758 e. The van der Waals surface area contributed by atoms with Gasteiger partial charge >= 0.3 is 0 Å². The van der Waals surface area contributed by atoms with Crippen molar-refractivity contribution in [2.75, 3.05) is 0 Å². The van der Waals surface area contributed by atoms with Gasteiger partial charge < -0.3 is 5.11 Å². The largest absolute Gasteiger partial charge is 0.389 e. The van der Waals surface area contributed by atoms with Crippen molar-refractivity contribution in [1.82, 2.24) is 0 Å². The summed E-state index contributed by atoms with van der Waals surface area (Å²) >= 11 is 0. The van der Waals surface area contributed by atoms with Crippen molar-refractivity contribution < 1.29 is 5.11 Å². The maximum atomic E-state index is 9.56. The van der Waals surface area contributed by atoms with Crippen LogP contribution in [0.5, 0.6) is 0 Å². The van der Waals surface area contributed by atoms with Gasteiger partial charge in [-0.15, -0.1) is 0 Å². The Labute approximate surface area is 91.1 Å². The zero-order valence-electron chi connectivity index (χ0n) is 8.71. The average Bonchev–Trinajstić information content (AvgIpc) is 2.28. The van der Waals surface area contributed by atoms with E-state index in [0.29, 0.717) is 6.42 Å². The minimum absolute atomic E-state index is 0.429. The van der Waals surface area contributed by atoms with Crippen LogP contribution < -0.4 is 0 Å². The quantitative estimate of drug-likeness (QED) is 0.724. The summed E-state index contributed by atoms with van der Waals surface area (Å²) in [5, 5.41) is 9.56. The van der Waals surface area contributed by atoms with E-state index in [2.05, 4.69) is 6.58 Å². The molecule has 1 nitrogen and oxygen atoms in total. The van der Waals surface area contributed by atoms with Crippen LogP contribution in [0.2, 0.25) is 0 Å². The first kappa shape index (κ1) is 11.5. The van der Waals surface area contributed by atoms with Crippen molar-refractivity contribution in [2.45, 2.75) is 12.5 Å². The van der Waals surface area contributed by atoms with E-state index in [9.17, 15) is 5.11 Å². The lowest BCUT2D eigenvalue weighted by Crippen LogP contribution is -1.98. The molecule has 0 bridgehead atoms. The Morgan fingerprint density at radius 1 is 1.27 bits per heavy atom. The third-order valence-corrected chi connectivity index (χ3v) is 1.96. The molecule has 78 valence electrons. The van der Waals surface area contributed by atoms with Gasteiger partial charge in [0.05, 0.1) is 6.10 Å². The van der Waals surface area contributed by atoms with Crippen LogP contribution >= 0.6 is 0 Å². The molecule has 0 aliphatic heterocycles. The fourth-order valence-electron chi connectivity index (χ4n) is 1.18. The Morgan fingerprint density at radius 3 is 2.67 bits per heavy atom. The van der Waals surface area contributed by atoms with Gasteiger partial charge in [0.15, 0.2) is 0 Å². The molecule has 1 rings (SSSR count). The van der Waals surface area contributed by atoms with Crippen LogP contribution in [0, 0.1) is 0 Å². The van der Waals surface area contributed by atoms with E-state index >= 15 is 0 Å². The second-order valence-electron chi connectivity index (χ2n) is 3.24. The van der Waals surface area contributed by atoms with Gasteiger partial charge in [-0.2, -0.15) is 0 Å². The third kappa shape index (κ3) is 4.99. The normalized spacial score (nSPS) is 13.4. The Bertz CT molecular complexity index is 336. The molecule has 1 atom stereocenters. The number of aliphatic hydroxyl groups excluding tert-OH is 1. The molecular weight excluding hydrogens is 184 g/mol. The standard InChI is InChI=1S/C14H16O/c1-2-3-5-10-14(15)12-11-13-8-6-4-7-9-13/h2-9,11-12,14-15H,1,10H2. The number of benzene rings is 1. The zero-order chi connectivity index (χ0) is 10.9. The second-order valence-corrected chi connectivity index (χ2v) is 3.24. The van der Waals surface area contributed by atoms with E-state index < -0.39 is 6.10 Å². The number of hydrogen-bond donors (Lipinski definition) is 1. The van der Waals surface area contributed by atoms with Crippen molar-refractivity contribution in [3.63, 3.8) is 0 Å². The first-order valence-electron chi connectivity index (χ1n) is 5.02. The SMILES string of the molecule is C=CC=CCC(O)C=Cc1ccccc1. The minimum Gasteiger partial charge on any atom is -0.389 e. The molecule has 0 aliphatic rings. The van der Waals surface area contributed by atoms with Crippen LogP contribution in [-0.4, -0.2) is 11.2 Å². The van der Waals surface area contributed by atoms with Crippen LogP contribution in [0.3, 0.4) is 0 Å². The summed E-state index contributed by atoms with van der Waals surface area (Å²) in [6.07, 6.45) is 9.34. The molecule has 0 amide bonds. The van der Waals surface area contributed by atoms with Gasteiger partial charge in [-0.1, -0.05) is 67.3 Å². The van der Waals surface area contributed by atoms with E-state index in [1.807, 2.05) is 48.6 Å². The lowest BCUT2D eigenvalue weighted by Gasteiger charge is -1.99. The first-order valence-corrected chi connectivity index (χ1v) is 5.02. The fraction of sp³-hybridized carbons (Fsp3) is 0.143. The summed E-state index contributed by atoms with van der Waals surface area (Å²) in [6.45, 7) is 3.56. The van der Waals surface area contributed by atoms with E-state index in [4.69, 9.17) is 0 Å². The van der Waals surface area contributed by atoms with E-state index in [0.717, 1.165) is 5.56 Å². The van der Waals surface area contributed by atoms with Crippen molar-refractivity contribution in [1.29, 1.82) is 0 Å². The zero-order valence-corrected chi connectivity index (χ0v) is 8.71. The number of allylic oxidation sites excluding steroid dienone is 2. The highest BCUT2D eigenvalue weighted by Crippen LogP contribution is 2.04.